The fourth-order valence-corrected chi connectivity index (χ4v) is 5.40. The zero-order valence-electron chi connectivity index (χ0n) is 16.7. The molecule has 3 rings (SSSR count). The lowest BCUT2D eigenvalue weighted by Crippen LogP contribution is -2.38. The van der Waals surface area contributed by atoms with Gasteiger partial charge in [0.25, 0.3) is 0 Å². The van der Waals surface area contributed by atoms with Crippen LogP contribution in [0.3, 0.4) is 0 Å². The molecule has 0 amide bonds. The van der Waals surface area contributed by atoms with Crippen LogP contribution in [0.5, 0.6) is 0 Å². The molecule has 144 valence electrons. The first-order chi connectivity index (χ1) is 12.1. The third-order valence-corrected chi connectivity index (χ3v) is 7.42. The van der Waals surface area contributed by atoms with Crippen molar-refractivity contribution < 1.29 is 14.4 Å². The Morgan fingerprint density at radius 2 is 1.28 bits per heavy atom. The van der Waals surface area contributed by atoms with Gasteiger partial charge in [-0.15, -0.1) is 0 Å². The van der Waals surface area contributed by atoms with E-state index >= 15 is 0 Å². The van der Waals surface area contributed by atoms with Crippen molar-refractivity contribution in [2.45, 2.75) is 116 Å². The maximum absolute atomic E-state index is 10.3. The molecule has 1 N–H and O–H groups in total. The summed E-state index contributed by atoms with van der Waals surface area (Å²) in [6, 6.07) is 0. The molecule has 1 heterocycles. The molecular weight excluding hydrogens is 311 g/mol. The van der Waals surface area contributed by atoms with Crippen molar-refractivity contribution in [1.82, 2.24) is 0 Å². The van der Waals surface area contributed by atoms with Gasteiger partial charge in [0.2, 0.25) is 0 Å². The van der Waals surface area contributed by atoms with Crippen LogP contribution >= 0.6 is 0 Å². The maximum atomic E-state index is 10.3. The number of rotatable bonds is 6. The van der Waals surface area contributed by atoms with Gasteiger partial charge in [0.15, 0.2) is 0 Å². The summed E-state index contributed by atoms with van der Waals surface area (Å²) in [5, 5.41) is 10.3. The second kappa shape index (κ2) is 9.24. The summed E-state index contributed by atoms with van der Waals surface area (Å²) in [6.07, 6.45) is 14.6. The predicted molar refractivity (Wildman–Crippen MR) is 104 cm³/mol. The van der Waals surface area contributed by atoms with Gasteiger partial charge in [0.1, 0.15) is 0 Å². The fourth-order valence-electron chi connectivity index (χ4n) is 5.40. The SMILES string of the molecule is CC[C@H](O)[C@H](C)[C@H](C)B1O[C@H](C2CCCCC2)[C@@H](C2CCCCC2)O1. The van der Waals surface area contributed by atoms with Crippen molar-refractivity contribution in [3.05, 3.63) is 0 Å². The minimum Gasteiger partial charge on any atom is -0.405 e. The molecule has 2 saturated carbocycles. The molecule has 25 heavy (non-hydrogen) atoms. The van der Waals surface area contributed by atoms with Crippen LogP contribution < -0.4 is 0 Å². The van der Waals surface area contributed by atoms with Crippen LogP contribution in [0.4, 0.5) is 0 Å². The molecule has 0 bridgehead atoms. The Labute approximate surface area is 155 Å². The molecule has 1 saturated heterocycles. The maximum Gasteiger partial charge on any atom is 0.460 e. The van der Waals surface area contributed by atoms with Gasteiger partial charge in [-0.3, -0.25) is 0 Å². The lowest BCUT2D eigenvalue weighted by atomic mass is 9.65. The van der Waals surface area contributed by atoms with Crippen LogP contribution in [0, 0.1) is 17.8 Å². The van der Waals surface area contributed by atoms with Crippen molar-refractivity contribution in [3.8, 4) is 0 Å². The zero-order chi connectivity index (χ0) is 17.8. The predicted octanol–water partition coefficient (Wildman–Crippen LogP) is 5.22. The first kappa shape index (κ1) is 19.7. The van der Waals surface area contributed by atoms with E-state index in [1.165, 1.54) is 64.2 Å². The van der Waals surface area contributed by atoms with Gasteiger partial charge in [-0.05, 0) is 55.7 Å². The van der Waals surface area contributed by atoms with E-state index < -0.39 is 0 Å². The normalized spacial score (nSPS) is 33.4. The average Bonchev–Trinajstić information content (AvgIpc) is 3.13. The monoisotopic (exact) mass is 350 g/mol. The Kier molecular flexibility index (Phi) is 7.28. The minimum atomic E-state index is -0.260. The summed E-state index contributed by atoms with van der Waals surface area (Å²) in [7, 11) is -0.130. The second-order valence-corrected chi connectivity index (χ2v) is 9.06. The summed E-state index contributed by atoms with van der Waals surface area (Å²) in [6.45, 7) is 6.41. The minimum absolute atomic E-state index is 0.130. The fraction of sp³-hybridized carbons (Fsp3) is 1.00. The molecule has 3 nitrogen and oxygen atoms in total. The van der Waals surface area contributed by atoms with E-state index in [1.54, 1.807) is 0 Å². The number of hydrogen-bond donors (Lipinski definition) is 1. The van der Waals surface area contributed by atoms with Crippen molar-refractivity contribution >= 4 is 7.12 Å². The van der Waals surface area contributed by atoms with Crippen molar-refractivity contribution in [2.24, 2.45) is 17.8 Å². The van der Waals surface area contributed by atoms with E-state index in [4.69, 9.17) is 9.31 Å². The molecule has 5 atom stereocenters. The van der Waals surface area contributed by atoms with Gasteiger partial charge >= 0.3 is 7.12 Å². The third kappa shape index (κ3) is 4.62. The van der Waals surface area contributed by atoms with Gasteiger partial charge < -0.3 is 14.4 Å². The molecule has 0 unspecified atom stereocenters. The van der Waals surface area contributed by atoms with Gasteiger partial charge in [-0.2, -0.15) is 0 Å². The number of aliphatic hydroxyl groups is 1. The smallest absolute Gasteiger partial charge is 0.405 e. The van der Waals surface area contributed by atoms with E-state index in [1.807, 2.05) is 0 Å². The highest BCUT2D eigenvalue weighted by Crippen LogP contribution is 2.43. The Morgan fingerprint density at radius 1 is 0.840 bits per heavy atom. The first-order valence-electron chi connectivity index (χ1n) is 11.1. The number of aliphatic hydroxyl groups excluding tert-OH is 1. The topological polar surface area (TPSA) is 38.7 Å². The summed E-state index contributed by atoms with van der Waals surface area (Å²) < 4.78 is 13.2. The molecule has 1 aliphatic heterocycles. The Balaban J connectivity index is 1.69. The standard InChI is InChI=1S/C21H39BO3/c1-4-19(23)15(2)16(3)22-24-20(17-11-7-5-8-12-17)21(25-22)18-13-9-6-10-14-18/h15-21,23H,4-14H2,1-3H3/t15-,16+,19+,20-,21-/m1/s1. The summed E-state index contributed by atoms with van der Waals surface area (Å²) in [5.74, 6) is 1.83. The number of hydrogen-bond acceptors (Lipinski definition) is 3. The molecule has 2 aliphatic carbocycles. The highest BCUT2D eigenvalue weighted by molar-refractivity contribution is 6.47. The molecule has 4 heteroatoms. The van der Waals surface area contributed by atoms with E-state index in [-0.39, 0.29) is 25.0 Å². The second-order valence-electron chi connectivity index (χ2n) is 9.06. The average molecular weight is 350 g/mol. The highest BCUT2D eigenvalue weighted by Gasteiger charge is 2.49. The summed E-state index contributed by atoms with van der Waals surface area (Å²) in [5.41, 5.74) is 0. The third-order valence-electron chi connectivity index (χ3n) is 7.42. The quantitative estimate of drug-likeness (QED) is 0.668. The lowest BCUT2D eigenvalue weighted by Gasteiger charge is -2.35. The largest absolute Gasteiger partial charge is 0.460 e. The van der Waals surface area contributed by atoms with Crippen LogP contribution in [0.15, 0.2) is 0 Å². The molecular formula is C21H39BO3. The van der Waals surface area contributed by atoms with Gasteiger partial charge in [0.05, 0.1) is 18.3 Å². The Bertz CT molecular complexity index is 367. The molecule has 3 aliphatic rings. The van der Waals surface area contributed by atoms with Crippen LogP contribution in [-0.4, -0.2) is 30.5 Å². The van der Waals surface area contributed by atoms with Crippen molar-refractivity contribution in [2.75, 3.05) is 0 Å². The molecule has 3 fully saturated rings. The van der Waals surface area contributed by atoms with Crippen LogP contribution in [0.2, 0.25) is 5.82 Å². The molecule has 0 aromatic heterocycles. The lowest BCUT2D eigenvalue weighted by molar-refractivity contribution is 0.0324. The van der Waals surface area contributed by atoms with Crippen molar-refractivity contribution in [1.29, 1.82) is 0 Å². The first-order valence-corrected chi connectivity index (χ1v) is 11.1. The van der Waals surface area contributed by atoms with Crippen LogP contribution in [0.1, 0.15) is 91.4 Å². The van der Waals surface area contributed by atoms with Gasteiger partial charge in [-0.25, -0.2) is 0 Å². The van der Waals surface area contributed by atoms with E-state index in [2.05, 4.69) is 20.8 Å². The van der Waals surface area contributed by atoms with Gasteiger partial charge in [0, 0.05) is 0 Å². The van der Waals surface area contributed by atoms with E-state index in [0.29, 0.717) is 24.0 Å². The zero-order valence-corrected chi connectivity index (χ0v) is 16.7. The van der Waals surface area contributed by atoms with Gasteiger partial charge in [-0.1, -0.05) is 59.3 Å². The Morgan fingerprint density at radius 3 is 1.68 bits per heavy atom. The molecule has 0 aromatic rings. The van der Waals surface area contributed by atoms with E-state index in [9.17, 15) is 5.11 Å². The van der Waals surface area contributed by atoms with Crippen LogP contribution in [-0.2, 0) is 9.31 Å². The molecule has 0 spiro atoms. The molecule has 0 radical (unpaired) electrons. The highest BCUT2D eigenvalue weighted by atomic mass is 16.7. The summed E-state index contributed by atoms with van der Waals surface area (Å²) >= 11 is 0. The van der Waals surface area contributed by atoms with E-state index in [0.717, 1.165) is 6.42 Å². The van der Waals surface area contributed by atoms with Crippen molar-refractivity contribution in [3.63, 3.8) is 0 Å². The Hall–Kier alpha value is -0.0551. The molecule has 0 aromatic carbocycles. The summed E-state index contributed by atoms with van der Waals surface area (Å²) in [4.78, 5) is 0. The van der Waals surface area contributed by atoms with Crippen LogP contribution in [0.25, 0.3) is 0 Å².